The molecule has 4 rings (SSSR count). The number of likely N-dealkylation sites (N-methyl/N-ethyl adjacent to an activating group) is 1. The van der Waals surface area contributed by atoms with Crippen molar-refractivity contribution in [3.63, 3.8) is 0 Å². The molecule has 35 heavy (non-hydrogen) atoms. The van der Waals surface area contributed by atoms with Crippen LogP contribution in [0.2, 0.25) is 0 Å². The summed E-state index contributed by atoms with van der Waals surface area (Å²) in [6.07, 6.45) is 0.358. The van der Waals surface area contributed by atoms with Gasteiger partial charge >= 0.3 is 0 Å². The quantitative estimate of drug-likeness (QED) is 0.294. The Balaban J connectivity index is 1.65. The molecule has 0 spiro atoms. The zero-order chi connectivity index (χ0) is 24.8. The average Bonchev–Trinajstić information content (AvgIpc) is 3.28. The molecular weight excluding hydrogens is 572 g/mol. The van der Waals surface area contributed by atoms with Crippen LogP contribution in [0.5, 0.6) is 0 Å². The number of rotatable bonds is 8. The van der Waals surface area contributed by atoms with Crippen LogP contribution in [-0.2, 0) is 17.8 Å². The van der Waals surface area contributed by atoms with Gasteiger partial charge in [0.1, 0.15) is 11.7 Å². The summed E-state index contributed by atoms with van der Waals surface area (Å²) in [6, 6.07) is 26.3. The van der Waals surface area contributed by atoms with Gasteiger partial charge in [-0.25, -0.2) is 0 Å². The number of nitrogens with zero attached hydrogens (tertiary/aromatic N) is 2. The van der Waals surface area contributed by atoms with E-state index in [1.54, 1.807) is 17.8 Å². The zero-order valence-corrected chi connectivity index (χ0v) is 22.2. The summed E-state index contributed by atoms with van der Waals surface area (Å²) in [5.41, 5.74) is 3.91. The van der Waals surface area contributed by atoms with E-state index in [4.69, 9.17) is 5.10 Å². The Morgan fingerprint density at radius 3 is 2.29 bits per heavy atom. The summed E-state index contributed by atoms with van der Waals surface area (Å²) in [6.45, 7) is 0.427. The van der Waals surface area contributed by atoms with Gasteiger partial charge in [-0.1, -0.05) is 86.5 Å². The van der Waals surface area contributed by atoms with E-state index in [0.717, 1.165) is 25.6 Å². The summed E-state index contributed by atoms with van der Waals surface area (Å²) in [5.74, 6) is -0.624. The van der Waals surface area contributed by atoms with Crippen LogP contribution < -0.4 is 10.6 Å². The van der Waals surface area contributed by atoms with Crippen LogP contribution in [0.4, 0.5) is 0 Å². The number of halogens is 2. The Labute approximate surface area is 221 Å². The van der Waals surface area contributed by atoms with Crippen LogP contribution in [0.3, 0.4) is 0 Å². The summed E-state index contributed by atoms with van der Waals surface area (Å²) in [4.78, 5) is 26.1. The lowest BCUT2D eigenvalue weighted by molar-refractivity contribution is -0.122. The van der Waals surface area contributed by atoms with E-state index in [-0.39, 0.29) is 11.8 Å². The number of benzene rings is 3. The van der Waals surface area contributed by atoms with Crippen molar-refractivity contribution in [2.24, 2.45) is 0 Å². The molecule has 1 atom stereocenters. The van der Waals surface area contributed by atoms with Gasteiger partial charge in [-0.05, 0) is 41.5 Å². The maximum Gasteiger partial charge on any atom is 0.270 e. The first-order valence-electron chi connectivity index (χ1n) is 11.1. The molecule has 0 aliphatic carbocycles. The summed E-state index contributed by atoms with van der Waals surface area (Å²) < 4.78 is 3.56. The van der Waals surface area contributed by atoms with Gasteiger partial charge in [0.25, 0.3) is 5.91 Å². The normalized spacial score (nSPS) is 11.6. The molecule has 0 aliphatic heterocycles. The Morgan fingerprint density at radius 1 is 0.886 bits per heavy atom. The third-order valence-electron chi connectivity index (χ3n) is 5.52. The molecule has 0 radical (unpaired) electrons. The van der Waals surface area contributed by atoms with Crippen LogP contribution >= 0.6 is 31.9 Å². The fraction of sp³-hybridized carbons (Fsp3) is 0.148. The third-order valence-corrected chi connectivity index (χ3v) is 6.55. The van der Waals surface area contributed by atoms with Gasteiger partial charge in [-0.15, -0.1) is 0 Å². The van der Waals surface area contributed by atoms with Gasteiger partial charge in [-0.3, -0.25) is 14.3 Å². The second kappa shape index (κ2) is 11.5. The minimum absolute atomic E-state index is 0.263. The maximum atomic E-state index is 13.5. The highest BCUT2D eigenvalue weighted by Gasteiger charge is 2.24. The fourth-order valence-electron chi connectivity index (χ4n) is 3.75. The van der Waals surface area contributed by atoms with Crippen LogP contribution in [0.1, 0.15) is 21.6 Å². The molecule has 6 nitrogen and oxygen atoms in total. The van der Waals surface area contributed by atoms with Gasteiger partial charge in [0.05, 0.1) is 12.2 Å². The van der Waals surface area contributed by atoms with E-state index in [9.17, 15) is 9.59 Å². The fourth-order valence-corrected chi connectivity index (χ4v) is 4.46. The van der Waals surface area contributed by atoms with Gasteiger partial charge < -0.3 is 10.6 Å². The minimum Gasteiger partial charge on any atom is -0.357 e. The van der Waals surface area contributed by atoms with Gasteiger partial charge in [0, 0.05) is 28.0 Å². The van der Waals surface area contributed by atoms with Crippen molar-refractivity contribution in [3.8, 4) is 11.3 Å². The molecule has 3 aromatic carbocycles. The number of hydrogen-bond acceptors (Lipinski definition) is 3. The van der Waals surface area contributed by atoms with Crippen LogP contribution in [-0.4, -0.2) is 34.7 Å². The number of hydrogen-bond donors (Lipinski definition) is 2. The molecule has 0 saturated carbocycles. The highest BCUT2D eigenvalue weighted by atomic mass is 79.9. The van der Waals surface area contributed by atoms with E-state index in [1.807, 2.05) is 78.9 Å². The molecule has 1 heterocycles. The Bertz CT molecular complexity index is 1320. The lowest BCUT2D eigenvalue weighted by Crippen LogP contribution is -2.47. The van der Waals surface area contributed by atoms with Gasteiger partial charge in [0.2, 0.25) is 5.91 Å². The predicted octanol–water partition coefficient (Wildman–Crippen LogP) is 5.21. The number of nitrogens with one attached hydrogen (secondary N) is 2. The molecule has 0 unspecified atom stereocenters. The molecule has 0 aliphatic rings. The monoisotopic (exact) mass is 594 g/mol. The smallest absolute Gasteiger partial charge is 0.270 e. The molecule has 4 aromatic rings. The largest absolute Gasteiger partial charge is 0.357 e. The van der Waals surface area contributed by atoms with E-state index in [1.165, 1.54) is 0 Å². The molecule has 0 bridgehead atoms. The molecular formula is C27H24Br2N4O2. The standard InChI is InChI=1S/C27H24Br2N4O2/c1-30-26(34)24(15-19-8-5-9-22(29)14-19)31-27(35)25-16-23(20-10-12-21(28)13-11-20)32-33(25)17-18-6-3-2-4-7-18/h2-14,16,24H,15,17H2,1H3,(H,30,34)(H,31,35)/t24-/m0/s1. The van der Waals surface area contributed by atoms with E-state index < -0.39 is 6.04 Å². The van der Waals surface area contributed by atoms with E-state index in [0.29, 0.717) is 24.4 Å². The van der Waals surface area contributed by atoms with Crippen molar-refractivity contribution < 1.29 is 9.59 Å². The molecule has 2 amide bonds. The first-order chi connectivity index (χ1) is 16.9. The topological polar surface area (TPSA) is 76.0 Å². The second-order valence-corrected chi connectivity index (χ2v) is 9.87. The molecule has 8 heteroatoms. The Hall–Kier alpha value is -3.23. The SMILES string of the molecule is CNC(=O)[C@H](Cc1cccc(Br)c1)NC(=O)c1cc(-c2ccc(Br)cc2)nn1Cc1ccccc1. The van der Waals surface area contributed by atoms with Crippen LogP contribution in [0.25, 0.3) is 11.3 Å². The summed E-state index contributed by atoms with van der Waals surface area (Å²) >= 11 is 6.92. The van der Waals surface area contributed by atoms with Crippen molar-refractivity contribution in [2.75, 3.05) is 7.05 Å². The third kappa shape index (κ3) is 6.46. The maximum absolute atomic E-state index is 13.5. The van der Waals surface area contributed by atoms with E-state index in [2.05, 4.69) is 42.5 Å². The molecule has 2 N–H and O–H groups in total. The van der Waals surface area contributed by atoms with Crippen LogP contribution in [0.15, 0.2) is 93.9 Å². The molecule has 1 aromatic heterocycles. The second-order valence-electron chi connectivity index (χ2n) is 8.04. The average molecular weight is 596 g/mol. The number of aromatic nitrogens is 2. The molecule has 0 saturated heterocycles. The van der Waals surface area contributed by atoms with Crippen molar-refractivity contribution in [1.29, 1.82) is 0 Å². The predicted molar refractivity (Wildman–Crippen MR) is 144 cm³/mol. The lowest BCUT2D eigenvalue weighted by atomic mass is 10.0. The van der Waals surface area contributed by atoms with E-state index >= 15 is 0 Å². The Morgan fingerprint density at radius 2 is 1.60 bits per heavy atom. The van der Waals surface area contributed by atoms with Crippen molar-refractivity contribution in [3.05, 3.63) is 111 Å². The number of amides is 2. The lowest BCUT2D eigenvalue weighted by Gasteiger charge is -2.18. The first-order valence-corrected chi connectivity index (χ1v) is 12.7. The highest BCUT2D eigenvalue weighted by molar-refractivity contribution is 9.10. The number of carbonyl (C=O) groups is 2. The highest BCUT2D eigenvalue weighted by Crippen LogP contribution is 2.23. The molecule has 178 valence electrons. The Kier molecular flexibility index (Phi) is 8.15. The summed E-state index contributed by atoms with van der Waals surface area (Å²) in [7, 11) is 1.56. The zero-order valence-electron chi connectivity index (χ0n) is 19.0. The summed E-state index contributed by atoms with van der Waals surface area (Å²) in [5, 5.41) is 10.3. The van der Waals surface area contributed by atoms with Crippen LogP contribution in [0, 0.1) is 0 Å². The van der Waals surface area contributed by atoms with Crippen molar-refractivity contribution in [1.82, 2.24) is 20.4 Å². The van der Waals surface area contributed by atoms with Gasteiger partial charge in [-0.2, -0.15) is 5.10 Å². The molecule has 0 fully saturated rings. The van der Waals surface area contributed by atoms with Crippen molar-refractivity contribution >= 4 is 43.7 Å². The van der Waals surface area contributed by atoms with Gasteiger partial charge in [0.15, 0.2) is 0 Å². The minimum atomic E-state index is -0.738. The first kappa shape index (κ1) is 24.9. The number of carbonyl (C=O) groups excluding carboxylic acids is 2. The van der Waals surface area contributed by atoms with Crippen molar-refractivity contribution in [2.45, 2.75) is 19.0 Å².